The van der Waals surface area contributed by atoms with E-state index in [1.165, 1.54) is 11.5 Å². The maximum atomic E-state index is 6.06. The van der Waals surface area contributed by atoms with Crippen molar-refractivity contribution in [1.82, 2.24) is 14.7 Å². The monoisotopic (exact) mass is 419 g/mol. The van der Waals surface area contributed by atoms with Crippen LogP contribution < -0.4 is 15.4 Å². The van der Waals surface area contributed by atoms with Crippen molar-refractivity contribution in [3.05, 3.63) is 53.8 Å². The zero-order valence-electron chi connectivity index (χ0n) is 16.7. The van der Waals surface area contributed by atoms with Gasteiger partial charge in [0.25, 0.3) is 5.19 Å². The molecule has 5 rings (SSSR count). The predicted octanol–water partition coefficient (Wildman–Crippen LogP) is 5.12. The molecule has 8 heteroatoms. The van der Waals surface area contributed by atoms with Crippen molar-refractivity contribution in [2.24, 2.45) is 4.99 Å². The van der Waals surface area contributed by atoms with E-state index in [4.69, 9.17) is 9.15 Å². The Labute approximate surface area is 178 Å². The van der Waals surface area contributed by atoms with Crippen LogP contribution in [-0.4, -0.2) is 28.4 Å². The lowest BCUT2D eigenvalue weighted by atomic mass is 10.1. The van der Waals surface area contributed by atoms with Crippen LogP contribution in [0, 0.1) is 13.8 Å². The zero-order chi connectivity index (χ0) is 20.5. The quantitative estimate of drug-likeness (QED) is 0.477. The van der Waals surface area contributed by atoms with Crippen LogP contribution in [0.3, 0.4) is 0 Å². The highest BCUT2D eigenvalue weighted by Crippen LogP contribution is 2.33. The van der Waals surface area contributed by atoms with Gasteiger partial charge in [-0.3, -0.25) is 4.99 Å². The Morgan fingerprint density at radius 1 is 1.13 bits per heavy atom. The second kappa shape index (κ2) is 7.79. The highest BCUT2D eigenvalue weighted by Gasteiger charge is 2.13. The minimum absolute atomic E-state index is 0.513. The minimum atomic E-state index is 0.513. The number of guanidine groups is 1. The number of aromatic nitrogens is 2. The number of benzene rings is 2. The number of rotatable bonds is 4. The van der Waals surface area contributed by atoms with E-state index < -0.39 is 0 Å². The summed E-state index contributed by atoms with van der Waals surface area (Å²) in [6, 6.07) is 11.9. The summed E-state index contributed by atoms with van der Waals surface area (Å²) in [5.74, 6) is 2.23. The number of anilines is 1. The van der Waals surface area contributed by atoms with Gasteiger partial charge in [-0.15, -0.1) is 0 Å². The first-order valence-electron chi connectivity index (χ1n) is 9.81. The van der Waals surface area contributed by atoms with E-state index in [1.54, 1.807) is 6.26 Å². The molecule has 7 nitrogen and oxygen atoms in total. The molecule has 0 amide bonds. The lowest BCUT2D eigenvalue weighted by molar-refractivity contribution is 0.475. The number of aliphatic imine (C=N–C) groups is 1. The molecule has 0 fully saturated rings. The van der Waals surface area contributed by atoms with Crippen LogP contribution in [-0.2, 0) is 0 Å². The first kappa shape index (κ1) is 18.6. The zero-order valence-corrected chi connectivity index (χ0v) is 17.5. The van der Waals surface area contributed by atoms with Gasteiger partial charge in [-0.05, 0) is 67.8 Å². The fraction of sp³-hybridized carbons (Fsp3) is 0.227. The molecule has 2 aromatic carbocycles. The lowest BCUT2D eigenvalue weighted by Crippen LogP contribution is -2.35. The van der Waals surface area contributed by atoms with Crippen molar-refractivity contribution in [1.29, 1.82) is 0 Å². The molecule has 30 heavy (non-hydrogen) atoms. The topological polar surface area (TPSA) is 84.6 Å². The molecule has 4 aromatic rings. The summed E-state index contributed by atoms with van der Waals surface area (Å²) in [6.45, 7) is 5.86. The summed E-state index contributed by atoms with van der Waals surface area (Å²) >= 11 is 1.24. The molecule has 0 aliphatic carbocycles. The molecule has 0 spiro atoms. The van der Waals surface area contributed by atoms with Crippen LogP contribution >= 0.6 is 11.5 Å². The number of furan rings is 1. The summed E-state index contributed by atoms with van der Waals surface area (Å²) in [4.78, 5) is 9.04. The number of hydrogen-bond acceptors (Lipinski definition) is 8. The SMILES string of the molecule is Cc1cc(Oc2nc(-c3ccc4occc4c3)ns2)c(C)cc1NC1=NCCCN1. The third-order valence-corrected chi connectivity index (χ3v) is 5.58. The third-order valence-electron chi connectivity index (χ3n) is 4.99. The van der Waals surface area contributed by atoms with Crippen molar-refractivity contribution < 1.29 is 9.15 Å². The molecule has 0 saturated heterocycles. The van der Waals surface area contributed by atoms with Crippen LogP contribution in [0.1, 0.15) is 17.5 Å². The normalized spacial score (nSPS) is 13.7. The molecule has 2 N–H and O–H groups in total. The molecule has 0 unspecified atom stereocenters. The van der Waals surface area contributed by atoms with Crippen molar-refractivity contribution >= 4 is 34.1 Å². The van der Waals surface area contributed by atoms with Crippen molar-refractivity contribution in [3.63, 3.8) is 0 Å². The molecule has 2 aromatic heterocycles. The molecule has 1 aliphatic rings. The second-order valence-electron chi connectivity index (χ2n) is 7.23. The van der Waals surface area contributed by atoms with E-state index in [0.717, 1.165) is 64.6 Å². The predicted molar refractivity (Wildman–Crippen MR) is 120 cm³/mol. The van der Waals surface area contributed by atoms with E-state index in [-0.39, 0.29) is 0 Å². The number of hydrogen-bond donors (Lipinski definition) is 2. The Morgan fingerprint density at radius 2 is 2.07 bits per heavy atom. The van der Waals surface area contributed by atoms with Crippen LogP contribution in [0.2, 0.25) is 0 Å². The first-order valence-corrected chi connectivity index (χ1v) is 10.6. The Bertz CT molecular complexity index is 1240. The molecular formula is C22H21N5O2S. The fourth-order valence-corrected chi connectivity index (χ4v) is 3.91. The van der Waals surface area contributed by atoms with E-state index in [9.17, 15) is 0 Å². The maximum Gasteiger partial charge on any atom is 0.299 e. The fourth-order valence-electron chi connectivity index (χ4n) is 3.35. The molecule has 0 radical (unpaired) electrons. The van der Waals surface area contributed by atoms with Crippen LogP contribution in [0.5, 0.6) is 10.9 Å². The molecule has 0 atom stereocenters. The van der Waals surface area contributed by atoms with Crippen molar-refractivity contribution in [3.8, 4) is 22.3 Å². The Balaban J connectivity index is 1.35. The van der Waals surface area contributed by atoms with Gasteiger partial charge in [0, 0.05) is 41.3 Å². The van der Waals surface area contributed by atoms with Crippen LogP contribution in [0.25, 0.3) is 22.4 Å². The van der Waals surface area contributed by atoms with Gasteiger partial charge in [-0.1, -0.05) is 0 Å². The lowest BCUT2D eigenvalue weighted by Gasteiger charge is -2.18. The van der Waals surface area contributed by atoms with Gasteiger partial charge in [-0.2, -0.15) is 9.36 Å². The van der Waals surface area contributed by atoms with Crippen LogP contribution in [0.4, 0.5) is 5.69 Å². The van der Waals surface area contributed by atoms with Crippen LogP contribution in [0.15, 0.2) is 52.1 Å². The van der Waals surface area contributed by atoms with Gasteiger partial charge in [0.15, 0.2) is 11.8 Å². The van der Waals surface area contributed by atoms with Crippen molar-refractivity contribution in [2.45, 2.75) is 20.3 Å². The Kier molecular flexibility index (Phi) is 4.84. The number of nitrogens with zero attached hydrogens (tertiary/aromatic N) is 3. The van der Waals surface area contributed by atoms with E-state index in [1.807, 2.05) is 44.2 Å². The molecule has 3 heterocycles. The Morgan fingerprint density at radius 3 is 2.93 bits per heavy atom. The van der Waals surface area contributed by atoms with Gasteiger partial charge < -0.3 is 19.8 Å². The highest BCUT2D eigenvalue weighted by molar-refractivity contribution is 7.07. The second-order valence-corrected chi connectivity index (χ2v) is 7.94. The van der Waals surface area contributed by atoms with E-state index >= 15 is 0 Å². The smallest absolute Gasteiger partial charge is 0.299 e. The average Bonchev–Trinajstić information content (AvgIpc) is 3.41. The molecule has 152 valence electrons. The third kappa shape index (κ3) is 3.73. The molecule has 0 bridgehead atoms. The van der Waals surface area contributed by atoms with E-state index in [0.29, 0.717) is 11.0 Å². The summed E-state index contributed by atoms with van der Waals surface area (Å²) in [7, 11) is 0. The standard InChI is InChI=1S/C22H21N5O2S/c1-13-11-19(14(2)10-17(13)25-21-23-7-3-8-24-21)29-22-26-20(27-30-22)16-4-5-18-15(12-16)6-9-28-18/h4-6,9-12H,3,7-8H2,1-2H3,(H2,23,24,25). The van der Waals surface area contributed by atoms with Gasteiger partial charge in [0.2, 0.25) is 0 Å². The summed E-state index contributed by atoms with van der Waals surface area (Å²) in [6.07, 6.45) is 2.74. The summed E-state index contributed by atoms with van der Waals surface area (Å²) in [5.41, 5.74) is 4.87. The Hall–Kier alpha value is -3.39. The number of aryl methyl sites for hydroxylation is 2. The first-order chi connectivity index (χ1) is 14.7. The van der Waals surface area contributed by atoms with Gasteiger partial charge in [0.05, 0.1) is 6.26 Å². The largest absolute Gasteiger partial charge is 0.464 e. The maximum absolute atomic E-state index is 6.06. The van der Waals surface area contributed by atoms with Gasteiger partial charge >= 0.3 is 0 Å². The average molecular weight is 420 g/mol. The van der Waals surface area contributed by atoms with Gasteiger partial charge in [0.1, 0.15) is 11.3 Å². The molecule has 0 saturated carbocycles. The van der Waals surface area contributed by atoms with E-state index in [2.05, 4.69) is 31.0 Å². The van der Waals surface area contributed by atoms with Crippen molar-refractivity contribution in [2.75, 3.05) is 18.4 Å². The summed E-state index contributed by atoms with van der Waals surface area (Å²) < 4.78 is 15.9. The van der Waals surface area contributed by atoms with Gasteiger partial charge in [-0.25, -0.2) is 0 Å². The highest BCUT2D eigenvalue weighted by atomic mass is 32.1. The number of ether oxygens (including phenoxy) is 1. The number of fused-ring (bicyclic) bond motifs is 1. The summed E-state index contributed by atoms with van der Waals surface area (Å²) in [5, 5.41) is 8.19. The minimum Gasteiger partial charge on any atom is -0.464 e. The molecule has 1 aliphatic heterocycles. The molecular weight excluding hydrogens is 398 g/mol. The number of nitrogens with one attached hydrogen (secondary N) is 2.